The monoisotopic (exact) mass is 341 g/mol. The molecule has 0 bridgehead atoms. The molecule has 4 N–H and O–H groups in total. The van der Waals surface area contributed by atoms with E-state index in [-0.39, 0.29) is 18.0 Å². The van der Waals surface area contributed by atoms with Crippen LogP contribution in [0, 0.1) is 0 Å². The van der Waals surface area contributed by atoms with Gasteiger partial charge >= 0.3 is 0 Å². The number of nitrogens with two attached hydrogens (primary N) is 1. The van der Waals surface area contributed by atoms with E-state index in [9.17, 15) is 9.59 Å². The molecule has 6 heteroatoms. The van der Waals surface area contributed by atoms with Crippen molar-refractivity contribution in [3.05, 3.63) is 54.1 Å². The molecular weight excluding hydrogens is 318 g/mol. The molecule has 0 spiro atoms. The Bertz CT molecular complexity index is 714. The van der Waals surface area contributed by atoms with E-state index in [0.29, 0.717) is 12.3 Å². The van der Waals surface area contributed by atoms with Gasteiger partial charge in [-0.25, -0.2) is 0 Å². The molecule has 0 saturated carbocycles. The van der Waals surface area contributed by atoms with E-state index in [1.54, 1.807) is 24.3 Å². The number of carbonyl (C=O) groups is 2. The predicted molar refractivity (Wildman–Crippen MR) is 98.9 cm³/mol. The number of primary amides is 1. The first-order chi connectivity index (χ1) is 12.1. The van der Waals surface area contributed by atoms with Gasteiger partial charge in [0.1, 0.15) is 5.75 Å². The number of para-hydroxylation sites is 1. The summed E-state index contributed by atoms with van der Waals surface area (Å²) in [6.45, 7) is 2.89. The smallest absolute Gasteiger partial charge is 0.250 e. The Kier molecular flexibility index (Phi) is 6.83. The molecule has 0 aromatic heterocycles. The third-order valence-electron chi connectivity index (χ3n) is 3.54. The summed E-state index contributed by atoms with van der Waals surface area (Å²) in [6, 6.07) is 14.1. The highest BCUT2D eigenvalue weighted by molar-refractivity contribution is 6.03. The summed E-state index contributed by atoms with van der Waals surface area (Å²) in [5, 5.41) is 5.70. The average molecular weight is 341 g/mol. The molecule has 2 aromatic carbocycles. The molecule has 0 aliphatic rings. The van der Waals surface area contributed by atoms with Crippen LogP contribution < -0.4 is 21.1 Å². The van der Waals surface area contributed by atoms with Crippen molar-refractivity contribution in [1.29, 1.82) is 0 Å². The van der Waals surface area contributed by atoms with Gasteiger partial charge in [-0.1, -0.05) is 25.5 Å². The van der Waals surface area contributed by atoms with Gasteiger partial charge in [-0.05, 0) is 42.8 Å². The second-order valence-corrected chi connectivity index (χ2v) is 5.54. The van der Waals surface area contributed by atoms with Crippen molar-refractivity contribution in [2.75, 3.05) is 23.8 Å². The van der Waals surface area contributed by atoms with Crippen molar-refractivity contribution in [1.82, 2.24) is 0 Å². The number of hydrogen-bond acceptors (Lipinski definition) is 4. The van der Waals surface area contributed by atoms with Crippen LogP contribution in [0.4, 0.5) is 11.4 Å². The number of ether oxygens (including phenoxy) is 1. The van der Waals surface area contributed by atoms with E-state index < -0.39 is 5.91 Å². The van der Waals surface area contributed by atoms with E-state index in [2.05, 4.69) is 17.6 Å². The Morgan fingerprint density at radius 2 is 1.80 bits per heavy atom. The van der Waals surface area contributed by atoms with Gasteiger partial charge in [0.2, 0.25) is 5.91 Å². The van der Waals surface area contributed by atoms with Gasteiger partial charge in [-0.3, -0.25) is 9.59 Å². The Hall–Kier alpha value is -3.02. The van der Waals surface area contributed by atoms with E-state index in [4.69, 9.17) is 10.5 Å². The van der Waals surface area contributed by atoms with Gasteiger partial charge < -0.3 is 21.1 Å². The predicted octanol–water partition coefficient (Wildman–Crippen LogP) is 3.02. The molecule has 2 aromatic rings. The first-order valence-corrected chi connectivity index (χ1v) is 8.25. The van der Waals surface area contributed by atoms with Crippen LogP contribution in [0.5, 0.6) is 5.75 Å². The molecule has 0 aliphatic heterocycles. The van der Waals surface area contributed by atoms with Gasteiger partial charge in [-0.2, -0.15) is 0 Å². The highest BCUT2D eigenvalue weighted by atomic mass is 16.5. The van der Waals surface area contributed by atoms with Crippen LogP contribution in [0.3, 0.4) is 0 Å². The molecule has 2 rings (SSSR count). The van der Waals surface area contributed by atoms with Crippen LogP contribution in [0.25, 0.3) is 0 Å². The number of benzene rings is 2. The molecule has 0 radical (unpaired) electrons. The maximum Gasteiger partial charge on any atom is 0.250 e. The number of carbonyl (C=O) groups excluding carboxylic acids is 2. The third kappa shape index (κ3) is 5.84. The van der Waals surface area contributed by atoms with Crippen molar-refractivity contribution in [2.45, 2.75) is 19.8 Å². The maximum absolute atomic E-state index is 12.1. The number of amides is 2. The van der Waals surface area contributed by atoms with Gasteiger partial charge in [0.25, 0.3) is 5.91 Å². The Balaban J connectivity index is 1.85. The van der Waals surface area contributed by atoms with Crippen LogP contribution in [0.1, 0.15) is 30.1 Å². The molecule has 0 saturated heterocycles. The van der Waals surface area contributed by atoms with Crippen LogP contribution in [-0.4, -0.2) is 25.0 Å². The van der Waals surface area contributed by atoms with Crippen molar-refractivity contribution in [3.8, 4) is 5.75 Å². The fraction of sp³-hybridized carbons (Fsp3) is 0.263. The molecule has 132 valence electrons. The lowest BCUT2D eigenvalue weighted by Gasteiger charge is -2.11. The summed E-state index contributed by atoms with van der Waals surface area (Å²) < 4.78 is 5.59. The van der Waals surface area contributed by atoms with Gasteiger partial charge in [-0.15, -0.1) is 0 Å². The van der Waals surface area contributed by atoms with Gasteiger partial charge in [0, 0.05) is 5.69 Å². The fourth-order valence-electron chi connectivity index (χ4n) is 2.19. The average Bonchev–Trinajstić information content (AvgIpc) is 2.61. The standard InChI is InChI=1S/C19H23N3O3/c1-2-3-12-25-15-10-8-14(9-11-15)21-13-18(23)22-17-7-5-4-6-16(17)19(20)24/h4-11,21H,2-3,12-13H2,1H3,(H2,20,24)(H,22,23). The summed E-state index contributed by atoms with van der Waals surface area (Å²) >= 11 is 0. The number of nitrogens with one attached hydrogen (secondary N) is 2. The van der Waals surface area contributed by atoms with E-state index in [0.717, 1.165) is 24.3 Å². The highest BCUT2D eigenvalue weighted by Gasteiger charge is 2.10. The van der Waals surface area contributed by atoms with Crippen LogP contribution in [0.15, 0.2) is 48.5 Å². The first-order valence-electron chi connectivity index (χ1n) is 8.25. The largest absolute Gasteiger partial charge is 0.494 e. The summed E-state index contributed by atoms with van der Waals surface area (Å²) in [5.74, 6) is -0.0432. The number of rotatable bonds is 9. The molecule has 6 nitrogen and oxygen atoms in total. The molecule has 0 unspecified atom stereocenters. The number of hydrogen-bond donors (Lipinski definition) is 3. The Morgan fingerprint density at radius 3 is 2.48 bits per heavy atom. The Labute approximate surface area is 147 Å². The first kappa shape index (κ1) is 18.3. The maximum atomic E-state index is 12.1. The summed E-state index contributed by atoms with van der Waals surface area (Å²) in [6.07, 6.45) is 2.11. The van der Waals surface area contributed by atoms with Crippen molar-refractivity contribution in [2.24, 2.45) is 5.73 Å². The molecule has 25 heavy (non-hydrogen) atoms. The zero-order chi connectivity index (χ0) is 18.1. The minimum Gasteiger partial charge on any atom is -0.494 e. The fourth-order valence-corrected chi connectivity index (χ4v) is 2.19. The van der Waals surface area contributed by atoms with Crippen LogP contribution in [0.2, 0.25) is 0 Å². The number of anilines is 2. The minimum absolute atomic E-state index is 0.0726. The lowest BCUT2D eigenvalue weighted by atomic mass is 10.1. The van der Waals surface area contributed by atoms with Crippen LogP contribution >= 0.6 is 0 Å². The SMILES string of the molecule is CCCCOc1ccc(NCC(=O)Nc2ccccc2C(N)=O)cc1. The van der Waals surface area contributed by atoms with Crippen LogP contribution in [-0.2, 0) is 4.79 Å². The van der Waals surface area contributed by atoms with Gasteiger partial charge in [0.05, 0.1) is 24.4 Å². The number of unbranched alkanes of at least 4 members (excludes halogenated alkanes) is 1. The Morgan fingerprint density at radius 1 is 1.08 bits per heavy atom. The zero-order valence-electron chi connectivity index (χ0n) is 14.2. The van der Waals surface area contributed by atoms with Crippen molar-refractivity contribution in [3.63, 3.8) is 0 Å². The molecule has 0 aliphatic carbocycles. The van der Waals surface area contributed by atoms with E-state index >= 15 is 0 Å². The summed E-state index contributed by atoms with van der Waals surface area (Å²) in [5.41, 5.74) is 6.79. The lowest BCUT2D eigenvalue weighted by molar-refractivity contribution is -0.114. The highest BCUT2D eigenvalue weighted by Crippen LogP contribution is 2.17. The zero-order valence-corrected chi connectivity index (χ0v) is 14.2. The molecule has 0 atom stereocenters. The second-order valence-electron chi connectivity index (χ2n) is 5.54. The van der Waals surface area contributed by atoms with Crippen molar-refractivity contribution >= 4 is 23.2 Å². The lowest BCUT2D eigenvalue weighted by Crippen LogP contribution is -2.24. The molecular formula is C19H23N3O3. The molecule has 2 amide bonds. The topological polar surface area (TPSA) is 93.4 Å². The summed E-state index contributed by atoms with van der Waals surface area (Å²) in [4.78, 5) is 23.4. The molecule has 0 fully saturated rings. The van der Waals surface area contributed by atoms with E-state index in [1.807, 2.05) is 24.3 Å². The van der Waals surface area contributed by atoms with E-state index in [1.165, 1.54) is 0 Å². The third-order valence-corrected chi connectivity index (χ3v) is 3.54. The van der Waals surface area contributed by atoms with Crippen molar-refractivity contribution < 1.29 is 14.3 Å². The summed E-state index contributed by atoms with van der Waals surface area (Å²) in [7, 11) is 0. The van der Waals surface area contributed by atoms with Gasteiger partial charge in [0.15, 0.2) is 0 Å². The minimum atomic E-state index is -0.581. The quantitative estimate of drug-likeness (QED) is 0.611. The molecule has 0 heterocycles. The second kappa shape index (κ2) is 9.32. The normalized spacial score (nSPS) is 10.1.